The number of benzene rings is 2. The number of carbonyl (C=O) groups is 2. The van der Waals surface area contributed by atoms with Crippen molar-refractivity contribution in [2.45, 2.75) is 39.8 Å². The molecule has 2 aromatic rings. The Kier molecular flexibility index (Phi) is 6.13. The molecule has 0 fully saturated rings. The van der Waals surface area contributed by atoms with Crippen molar-refractivity contribution < 1.29 is 9.59 Å². The minimum Gasteiger partial charge on any atom is -0.352 e. The van der Waals surface area contributed by atoms with Crippen LogP contribution in [0.25, 0.3) is 0 Å². The lowest BCUT2D eigenvalue weighted by Gasteiger charge is -2.18. The van der Waals surface area contributed by atoms with Gasteiger partial charge in [0.2, 0.25) is 5.91 Å². The zero-order chi connectivity index (χ0) is 17.5. The Balaban J connectivity index is 2.02. The molecule has 24 heavy (non-hydrogen) atoms. The number of nitrogens with one attached hydrogen (secondary N) is 2. The van der Waals surface area contributed by atoms with Crippen LogP contribution in [-0.2, 0) is 11.3 Å². The number of hydrogen-bond donors (Lipinski definition) is 2. The van der Waals surface area contributed by atoms with E-state index >= 15 is 0 Å². The van der Waals surface area contributed by atoms with Gasteiger partial charge in [-0.15, -0.1) is 0 Å². The summed E-state index contributed by atoms with van der Waals surface area (Å²) in [5.41, 5.74) is 3.90. The average Bonchev–Trinajstić information content (AvgIpc) is 2.59. The van der Waals surface area contributed by atoms with Crippen molar-refractivity contribution in [3.05, 3.63) is 70.8 Å². The van der Waals surface area contributed by atoms with E-state index in [4.69, 9.17) is 0 Å². The van der Waals surface area contributed by atoms with Crippen molar-refractivity contribution in [3.63, 3.8) is 0 Å². The third kappa shape index (κ3) is 4.95. The Labute approximate surface area is 143 Å². The largest absolute Gasteiger partial charge is 0.352 e. The minimum absolute atomic E-state index is 0.00263. The number of rotatable bonds is 6. The third-order valence-corrected chi connectivity index (χ3v) is 3.95. The van der Waals surface area contributed by atoms with Gasteiger partial charge in [-0.2, -0.15) is 0 Å². The number of amides is 2. The van der Waals surface area contributed by atoms with Crippen molar-refractivity contribution in [1.82, 2.24) is 10.6 Å². The first kappa shape index (κ1) is 17.7. The first-order chi connectivity index (χ1) is 11.5. The van der Waals surface area contributed by atoms with Gasteiger partial charge in [0.05, 0.1) is 6.04 Å². The molecular weight excluding hydrogens is 300 g/mol. The van der Waals surface area contributed by atoms with Gasteiger partial charge in [-0.05, 0) is 36.6 Å². The van der Waals surface area contributed by atoms with Gasteiger partial charge in [-0.25, -0.2) is 0 Å². The quantitative estimate of drug-likeness (QED) is 0.854. The van der Waals surface area contributed by atoms with Crippen molar-refractivity contribution >= 4 is 11.8 Å². The Hall–Kier alpha value is -2.62. The average molecular weight is 324 g/mol. The van der Waals surface area contributed by atoms with Gasteiger partial charge >= 0.3 is 0 Å². The maximum absolute atomic E-state index is 12.5. The van der Waals surface area contributed by atoms with Gasteiger partial charge < -0.3 is 10.6 Å². The fourth-order valence-corrected chi connectivity index (χ4v) is 2.46. The summed E-state index contributed by atoms with van der Waals surface area (Å²) in [6.07, 6.45) is 0.829. The topological polar surface area (TPSA) is 58.2 Å². The normalized spacial score (nSPS) is 11.6. The first-order valence-corrected chi connectivity index (χ1v) is 8.20. The summed E-state index contributed by atoms with van der Waals surface area (Å²) in [5.74, 6) is -0.158. The highest BCUT2D eigenvalue weighted by Gasteiger charge is 2.14. The Bertz CT molecular complexity index is 691. The molecule has 0 heterocycles. The second-order valence-corrected chi connectivity index (χ2v) is 5.95. The van der Waals surface area contributed by atoms with Crippen LogP contribution in [0, 0.1) is 6.92 Å². The summed E-state index contributed by atoms with van der Waals surface area (Å²) in [6, 6.07) is 15.5. The Morgan fingerprint density at radius 2 is 1.62 bits per heavy atom. The van der Waals surface area contributed by atoms with E-state index in [9.17, 15) is 9.59 Å². The predicted molar refractivity (Wildman–Crippen MR) is 95.6 cm³/mol. The van der Waals surface area contributed by atoms with Crippen molar-refractivity contribution in [3.8, 4) is 0 Å². The second kappa shape index (κ2) is 8.29. The first-order valence-electron chi connectivity index (χ1n) is 8.20. The molecule has 0 aromatic heterocycles. The van der Waals surface area contributed by atoms with Crippen molar-refractivity contribution in [2.24, 2.45) is 0 Å². The monoisotopic (exact) mass is 324 g/mol. The van der Waals surface area contributed by atoms with Crippen LogP contribution in [-0.4, -0.2) is 11.8 Å². The van der Waals surface area contributed by atoms with E-state index in [1.807, 2.05) is 19.1 Å². The molecule has 4 nitrogen and oxygen atoms in total. The molecule has 1 unspecified atom stereocenters. The zero-order valence-corrected chi connectivity index (χ0v) is 14.4. The molecule has 0 aliphatic rings. The molecule has 126 valence electrons. The van der Waals surface area contributed by atoms with Crippen LogP contribution >= 0.6 is 0 Å². The lowest BCUT2D eigenvalue weighted by Crippen LogP contribution is -2.28. The number of aryl methyl sites for hydroxylation is 1. The summed E-state index contributed by atoms with van der Waals surface area (Å²) < 4.78 is 0. The van der Waals surface area contributed by atoms with Crippen LogP contribution in [0.5, 0.6) is 0 Å². The number of hydrogen-bond acceptors (Lipinski definition) is 2. The van der Waals surface area contributed by atoms with E-state index in [-0.39, 0.29) is 17.9 Å². The van der Waals surface area contributed by atoms with E-state index in [0.29, 0.717) is 12.1 Å². The van der Waals surface area contributed by atoms with Crippen LogP contribution in [0.4, 0.5) is 0 Å². The van der Waals surface area contributed by atoms with Gasteiger partial charge in [0.1, 0.15) is 0 Å². The van der Waals surface area contributed by atoms with E-state index in [0.717, 1.165) is 17.5 Å². The summed E-state index contributed by atoms with van der Waals surface area (Å²) >= 11 is 0. The maximum atomic E-state index is 12.5. The van der Waals surface area contributed by atoms with Gasteiger partial charge in [0.25, 0.3) is 5.91 Å². The van der Waals surface area contributed by atoms with Gasteiger partial charge in [-0.3, -0.25) is 9.59 Å². The van der Waals surface area contributed by atoms with Gasteiger partial charge in [-0.1, -0.05) is 48.9 Å². The fourth-order valence-electron chi connectivity index (χ4n) is 2.46. The zero-order valence-electron chi connectivity index (χ0n) is 14.4. The molecule has 0 aliphatic heterocycles. The molecule has 2 aromatic carbocycles. The van der Waals surface area contributed by atoms with Crippen LogP contribution in [0.3, 0.4) is 0 Å². The van der Waals surface area contributed by atoms with E-state index in [1.54, 1.807) is 12.1 Å². The molecule has 2 rings (SSSR count). The fraction of sp³-hybridized carbons (Fsp3) is 0.300. The Morgan fingerprint density at radius 3 is 2.17 bits per heavy atom. The maximum Gasteiger partial charge on any atom is 0.251 e. The highest BCUT2D eigenvalue weighted by molar-refractivity contribution is 5.94. The second-order valence-electron chi connectivity index (χ2n) is 5.95. The van der Waals surface area contributed by atoms with Crippen LogP contribution in [0.2, 0.25) is 0 Å². The molecule has 0 saturated heterocycles. The molecule has 1 atom stereocenters. The minimum atomic E-state index is -0.0893. The summed E-state index contributed by atoms with van der Waals surface area (Å²) in [5, 5.41) is 5.82. The molecular formula is C20H24N2O2. The standard InChI is InChI=1S/C20H24N2O2/c1-4-19(17-9-5-14(2)6-10-17)22-20(24)18-11-7-16(8-12-18)13-21-15(3)23/h5-12,19H,4,13H2,1-3H3,(H,21,23)(H,22,24). The lowest BCUT2D eigenvalue weighted by molar-refractivity contribution is -0.119. The highest BCUT2D eigenvalue weighted by atomic mass is 16.2. The molecule has 0 aliphatic carbocycles. The molecule has 0 bridgehead atoms. The number of carbonyl (C=O) groups excluding carboxylic acids is 2. The van der Waals surface area contributed by atoms with Crippen molar-refractivity contribution in [2.75, 3.05) is 0 Å². The van der Waals surface area contributed by atoms with E-state index in [1.165, 1.54) is 12.5 Å². The molecule has 0 spiro atoms. The van der Waals surface area contributed by atoms with E-state index < -0.39 is 0 Å². The molecule has 0 saturated carbocycles. The molecule has 0 radical (unpaired) electrons. The van der Waals surface area contributed by atoms with Crippen LogP contribution in [0.1, 0.15) is 53.4 Å². The summed E-state index contributed by atoms with van der Waals surface area (Å²) in [4.78, 5) is 23.4. The SMILES string of the molecule is CCC(NC(=O)c1ccc(CNC(C)=O)cc1)c1ccc(C)cc1. The molecule has 2 N–H and O–H groups in total. The van der Waals surface area contributed by atoms with Gasteiger partial charge in [0, 0.05) is 19.0 Å². The van der Waals surface area contributed by atoms with Gasteiger partial charge in [0.15, 0.2) is 0 Å². The van der Waals surface area contributed by atoms with Crippen LogP contribution < -0.4 is 10.6 Å². The lowest BCUT2D eigenvalue weighted by atomic mass is 10.0. The molecule has 2 amide bonds. The smallest absolute Gasteiger partial charge is 0.251 e. The molecule has 4 heteroatoms. The van der Waals surface area contributed by atoms with E-state index in [2.05, 4.69) is 41.8 Å². The summed E-state index contributed by atoms with van der Waals surface area (Å²) in [6.45, 7) is 6.06. The summed E-state index contributed by atoms with van der Waals surface area (Å²) in [7, 11) is 0. The predicted octanol–water partition coefficient (Wildman–Crippen LogP) is 3.51. The Morgan fingerprint density at radius 1 is 1.00 bits per heavy atom. The highest BCUT2D eigenvalue weighted by Crippen LogP contribution is 2.18. The third-order valence-electron chi connectivity index (χ3n) is 3.95. The van der Waals surface area contributed by atoms with Crippen molar-refractivity contribution in [1.29, 1.82) is 0 Å². The van der Waals surface area contributed by atoms with Crippen LogP contribution in [0.15, 0.2) is 48.5 Å².